The standard InChI is InChI=1S/C11H12FN3/c1-6-2-9(8(12)4-14-6)15-5-7-3-10(15)11(7)13/h2-4,7,11H,5,13H2,1H3. The van der Waals surface area contributed by atoms with Crippen LogP contribution in [0.1, 0.15) is 5.69 Å². The van der Waals surface area contributed by atoms with E-state index in [1.54, 1.807) is 6.07 Å². The van der Waals surface area contributed by atoms with Crippen molar-refractivity contribution in [2.45, 2.75) is 13.0 Å². The molecule has 0 spiro atoms. The Morgan fingerprint density at radius 3 is 3.00 bits per heavy atom. The van der Waals surface area contributed by atoms with Crippen molar-refractivity contribution in [2.75, 3.05) is 11.4 Å². The van der Waals surface area contributed by atoms with Crippen molar-refractivity contribution in [3.8, 4) is 0 Å². The van der Waals surface area contributed by atoms with E-state index in [1.807, 2.05) is 11.8 Å². The summed E-state index contributed by atoms with van der Waals surface area (Å²) in [6.45, 7) is 2.66. The van der Waals surface area contributed by atoms with E-state index >= 15 is 0 Å². The first-order valence-electron chi connectivity index (χ1n) is 5.04. The van der Waals surface area contributed by atoms with Gasteiger partial charge in [0.1, 0.15) is 0 Å². The van der Waals surface area contributed by atoms with Gasteiger partial charge in [-0.25, -0.2) is 4.39 Å². The first kappa shape index (κ1) is 8.85. The van der Waals surface area contributed by atoms with Crippen molar-refractivity contribution in [2.24, 2.45) is 11.7 Å². The molecule has 2 bridgehead atoms. The number of aromatic nitrogens is 1. The molecule has 3 nitrogen and oxygen atoms in total. The molecule has 0 aromatic carbocycles. The second-order valence-electron chi connectivity index (χ2n) is 4.17. The maximum Gasteiger partial charge on any atom is 0.165 e. The lowest BCUT2D eigenvalue weighted by Crippen LogP contribution is -2.34. The van der Waals surface area contributed by atoms with Gasteiger partial charge in [0.25, 0.3) is 0 Å². The van der Waals surface area contributed by atoms with Gasteiger partial charge in [-0.15, -0.1) is 0 Å². The Balaban J connectivity index is 2.01. The lowest BCUT2D eigenvalue weighted by molar-refractivity contribution is 0.595. The van der Waals surface area contributed by atoms with E-state index in [2.05, 4.69) is 11.1 Å². The van der Waals surface area contributed by atoms with Gasteiger partial charge in [0.05, 0.1) is 17.9 Å². The number of nitrogens with two attached hydrogens (primary N) is 1. The first-order valence-corrected chi connectivity index (χ1v) is 5.04. The third kappa shape index (κ3) is 1.11. The number of anilines is 1. The highest BCUT2D eigenvalue weighted by molar-refractivity contribution is 5.61. The highest BCUT2D eigenvalue weighted by Gasteiger charge is 2.42. The topological polar surface area (TPSA) is 42.1 Å². The van der Waals surface area contributed by atoms with Gasteiger partial charge in [-0.1, -0.05) is 6.08 Å². The summed E-state index contributed by atoms with van der Waals surface area (Å²) >= 11 is 0. The van der Waals surface area contributed by atoms with Gasteiger partial charge in [0.15, 0.2) is 5.82 Å². The van der Waals surface area contributed by atoms with E-state index < -0.39 is 0 Å². The summed E-state index contributed by atoms with van der Waals surface area (Å²) in [4.78, 5) is 5.87. The number of rotatable bonds is 1. The summed E-state index contributed by atoms with van der Waals surface area (Å²) in [5, 5.41) is 0. The van der Waals surface area contributed by atoms with E-state index in [-0.39, 0.29) is 11.9 Å². The zero-order valence-corrected chi connectivity index (χ0v) is 8.44. The van der Waals surface area contributed by atoms with Gasteiger partial charge in [-0.2, -0.15) is 0 Å². The van der Waals surface area contributed by atoms with Crippen molar-refractivity contribution >= 4 is 5.69 Å². The van der Waals surface area contributed by atoms with Crippen molar-refractivity contribution < 1.29 is 4.39 Å². The number of hydrogen-bond acceptors (Lipinski definition) is 3. The Morgan fingerprint density at radius 2 is 2.40 bits per heavy atom. The third-order valence-corrected chi connectivity index (χ3v) is 3.16. The fourth-order valence-corrected chi connectivity index (χ4v) is 2.26. The van der Waals surface area contributed by atoms with E-state index in [4.69, 9.17) is 5.73 Å². The molecule has 1 aliphatic carbocycles. The number of pyridine rings is 1. The molecule has 2 unspecified atom stereocenters. The molecule has 1 aromatic rings. The smallest absolute Gasteiger partial charge is 0.165 e. The van der Waals surface area contributed by atoms with Crippen LogP contribution in [0.4, 0.5) is 10.1 Å². The molecule has 3 aliphatic rings. The molecule has 2 N–H and O–H groups in total. The second kappa shape index (κ2) is 2.79. The number of aryl methyl sites for hydroxylation is 1. The maximum absolute atomic E-state index is 13.6. The van der Waals surface area contributed by atoms with Gasteiger partial charge in [0, 0.05) is 23.9 Å². The van der Waals surface area contributed by atoms with Crippen LogP contribution >= 0.6 is 0 Å². The molecular weight excluding hydrogens is 193 g/mol. The molecule has 78 valence electrons. The van der Waals surface area contributed by atoms with Crippen LogP contribution in [0.15, 0.2) is 24.0 Å². The predicted molar refractivity (Wildman–Crippen MR) is 55.8 cm³/mol. The van der Waals surface area contributed by atoms with Crippen LogP contribution in [0.5, 0.6) is 0 Å². The lowest BCUT2D eigenvalue weighted by atomic mass is 9.92. The SMILES string of the molecule is Cc1cc(N2CC3C=C2C3N)c(F)cn1. The van der Waals surface area contributed by atoms with E-state index in [0.717, 1.165) is 17.9 Å². The molecular formula is C11H12FN3. The molecule has 1 aromatic heterocycles. The fourth-order valence-electron chi connectivity index (χ4n) is 2.26. The molecule has 1 fully saturated rings. The Hall–Kier alpha value is -1.42. The number of halogens is 1. The zero-order chi connectivity index (χ0) is 10.6. The highest BCUT2D eigenvalue weighted by Crippen LogP contribution is 2.41. The van der Waals surface area contributed by atoms with Crippen molar-refractivity contribution in [3.05, 3.63) is 35.5 Å². The van der Waals surface area contributed by atoms with E-state index in [1.165, 1.54) is 6.20 Å². The maximum atomic E-state index is 13.6. The second-order valence-corrected chi connectivity index (χ2v) is 4.17. The summed E-state index contributed by atoms with van der Waals surface area (Å²) in [5.41, 5.74) is 8.37. The van der Waals surface area contributed by atoms with E-state index in [9.17, 15) is 4.39 Å². The Bertz CT molecular complexity index is 455. The molecule has 4 rings (SSSR count). The number of nitrogens with zero attached hydrogens (tertiary/aromatic N) is 2. The lowest BCUT2D eigenvalue weighted by Gasteiger charge is -2.24. The number of hydrogen-bond donors (Lipinski definition) is 1. The largest absolute Gasteiger partial charge is 0.341 e. The molecule has 4 heteroatoms. The highest BCUT2D eigenvalue weighted by atomic mass is 19.1. The normalized spacial score (nSPS) is 27.7. The van der Waals surface area contributed by atoms with Gasteiger partial charge in [-0.05, 0) is 13.0 Å². The van der Waals surface area contributed by atoms with Crippen molar-refractivity contribution in [1.82, 2.24) is 4.98 Å². The Morgan fingerprint density at radius 1 is 1.60 bits per heavy atom. The van der Waals surface area contributed by atoms with Crippen LogP contribution in [0.3, 0.4) is 0 Å². The summed E-state index contributed by atoms with van der Waals surface area (Å²) in [6, 6.07) is 1.86. The van der Waals surface area contributed by atoms with Crippen LogP contribution in [0.25, 0.3) is 0 Å². The molecule has 3 heterocycles. The summed E-state index contributed by atoms with van der Waals surface area (Å²) in [5.74, 6) is 0.120. The minimum atomic E-state index is -0.277. The van der Waals surface area contributed by atoms with Crippen LogP contribution in [-0.2, 0) is 0 Å². The molecule has 1 saturated heterocycles. The number of fused-ring (bicyclic) bond motifs is 1. The summed E-state index contributed by atoms with van der Waals surface area (Å²) < 4.78 is 13.6. The third-order valence-electron chi connectivity index (χ3n) is 3.16. The van der Waals surface area contributed by atoms with Gasteiger partial charge in [-0.3, -0.25) is 4.98 Å². The minimum Gasteiger partial charge on any atom is -0.341 e. The average molecular weight is 205 g/mol. The van der Waals surface area contributed by atoms with Gasteiger partial charge >= 0.3 is 0 Å². The molecule has 0 amide bonds. The molecule has 0 saturated carbocycles. The Labute approximate surface area is 87.4 Å². The van der Waals surface area contributed by atoms with Gasteiger partial charge in [0.2, 0.25) is 0 Å². The van der Waals surface area contributed by atoms with Gasteiger partial charge < -0.3 is 10.6 Å². The molecule has 2 aliphatic heterocycles. The average Bonchev–Trinajstić information content (AvgIpc) is 2.78. The zero-order valence-electron chi connectivity index (χ0n) is 8.44. The molecule has 2 atom stereocenters. The van der Waals surface area contributed by atoms with Crippen LogP contribution < -0.4 is 10.6 Å². The van der Waals surface area contributed by atoms with Crippen LogP contribution in [-0.4, -0.2) is 17.6 Å². The minimum absolute atomic E-state index is 0.0953. The van der Waals surface area contributed by atoms with Crippen molar-refractivity contribution in [3.63, 3.8) is 0 Å². The Kier molecular flexibility index (Phi) is 1.65. The first-order chi connectivity index (χ1) is 7.16. The van der Waals surface area contributed by atoms with Crippen LogP contribution in [0, 0.1) is 18.7 Å². The molecule has 15 heavy (non-hydrogen) atoms. The monoisotopic (exact) mass is 205 g/mol. The fraction of sp³-hybridized carbons (Fsp3) is 0.364. The summed E-state index contributed by atoms with van der Waals surface area (Å²) in [6.07, 6.45) is 3.38. The van der Waals surface area contributed by atoms with E-state index in [0.29, 0.717) is 11.6 Å². The van der Waals surface area contributed by atoms with Crippen molar-refractivity contribution in [1.29, 1.82) is 0 Å². The quantitative estimate of drug-likeness (QED) is 0.748. The summed E-state index contributed by atoms with van der Waals surface area (Å²) in [7, 11) is 0. The predicted octanol–water partition coefficient (Wildman–Crippen LogP) is 1.19. The van der Waals surface area contributed by atoms with Crippen LogP contribution in [0.2, 0.25) is 0 Å². The molecule has 0 radical (unpaired) electrons.